The van der Waals surface area contributed by atoms with Gasteiger partial charge in [-0.15, -0.1) is 0 Å². The third-order valence-corrected chi connectivity index (χ3v) is 4.62. The number of likely N-dealkylation sites (N-methyl/N-ethyl adjacent to an activating group) is 1. The number of nitrogen functional groups attached to an aromatic ring is 1. The van der Waals surface area contributed by atoms with E-state index in [1.807, 2.05) is 0 Å². The Morgan fingerprint density at radius 3 is 2.62 bits per heavy atom. The van der Waals surface area contributed by atoms with E-state index in [0.717, 1.165) is 22.5 Å². The number of anilines is 1. The maximum atomic E-state index is 12.3. The molecule has 118 valence electrons. The molecule has 0 heterocycles. The normalized spacial score (nSPS) is 13.3. The van der Waals surface area contributed by atoms with Crippen molar-refractivity contribution < 1.29 is 23.2 Å². The maximum Gasteiger partial charge on any atom is 0.271 e. The van der Waals surface area contributed by atoms with Crippen molar-refractivity contribution in [3.8, 4) is 0 Å². The quantitative estimate of drug-likeness (QED) is 0.403. The van der Waals surface area contributed by atoms with E-state index in [4.69, 9.17) is 10.5 Å². The molecule has 0 aromatic heterocycles. The summed E-state index contributed by atoms with van der Waals surface area (Å²) in [5.41, 5.74) is 5.05. The van der Waals surface area contributed by atoms with Gasteiger partial charge >= 0.3 is 0 Å². The second-order valence-electron chi connectivity index (χ2n) is 4.37. The summed E-state index contributed by atoms with van der Waals surface area (Å²) in [6, 6.07) is 3.11. The molecular formula is C11H17N3O6S. The highest BCUT2D eigenvalue weighted by atomic mass is 32.2. The molecule has 0 aliphatic carbocycles. The van der Waals surface area contributed by atoms with Crippen LogP contribution in [0.5, 0.6) is 0 Å². The summed E-state index contributed by atoms with van der Waals surface area (Å²) in [6.45, 7) is -0.206. The Bertz CT molecular complexity index is 618. The molecule has 0 fully saturated rings. The van der Waals surface area contributed by atoms with Gasteiger partial charge in [-0.25, -0.2) is 8.42 Å². The largest absolute Gasteiger partial charge is 0.397 e. The number of sulfonamides is 1. The number of methoxy groups -OCH3 is 1. The van der Waals surface area contributed by atoms with Gasteiger partial charge in [0.15, 0.2) is 0 Å². The number of aliphatic hydroxyl groups is 1. The van der Waals surface area contributed by atoms with Gasteiger partial charge in [-0.2, -0.15) is 4.31 Å². The van der Waals surface area contributed by atoms with Crippen LogP contribution >= 0.6 is 0 Å². The fraction of sp³-hybridized carbons (Fsp3) is 0.455. The predicted molar refractivity (Wildman–Crippen MR) is 75.2 cm³/mol. The average molecular weight is 319 g/mol. The fourth-order valence-electron chi connectivity index (χ4n) is 1.69. The fourth-order valence-corrected chi connectivity index (χ4v) is 2.99. The number of aliphatic hydroxyl groups excluding tert-OH is 1. The summed E-state index contributed by atoms with van der Waals surface area (Å²) in [7, 11) is -1.30. The first-order valence-electron chi connectivity index (χ1n) is 5.87. The first kappa shape index (κ1) is 17.3. The van der Waals surface area contributed by atoms with Crippen molar-refractivity contribution in [1.29, 1.82) is 0 Å². The molecule has 0 saturated carbocycles. The van der Waals surface area contributed by atoms with Crippen LogP contribution in [0.4, 0.5) is 11.4 Å². The molecule has 1 rings (SSSR count). The molecule has 1 atom stereocenters. The van der Waals surface area contributed by atoms with Crippen LogP contribution < -0.4 is 5.73 Å². The summed E-state index contributed by atoms with van der Waals surface area (Å²) in [5.74, 6) is 0. The number of nitro groups is 1. The highest BCUT2D eigenvalue weighted by Gasteiger charge is 2.26. The van der Waals surface area contributed by atoms with Crippen molar-refractivity contribution in [1.82, 2.24) is 4.31 Å². The first-order chi connectivity index (χ1) is 9.70. The Kier molecular flexibility index (Phi) is 5.61. The van der Waals surface area contributed by atoms with Crippen LogP contribution in [0, 0.1) is 10.1 Å². The van der Waals surface area contributed by atoms with Crippen LogP contribution in [-0.2, 0) is 14.8 Å². The molecule has 0 bridgehead atoms. The number of ether oxygens (including phenoxy) is 1. The molecule has 9 nitrogen and oxygen atoms in total. The van der Waals surface area contributed by atoms with Crippen molar-refractivity contribution in [3.63, 3.8) is 0 Å². The van der Waals surface area contributed by atoms with E-state index in [1.165, 1.54) is 14.2 Å². The predicted octanol–water partition coefficient (Wildman–Crippen LogP) is -0.195. The van der Waals surface area contributed by atoms with Crippen LogP contribution in [0.25, 0.3) is 0 Å². The van der Waals surface area contributed by atoms with E-state index in [9.17, 15) is 23.6 Å². The van der Waals surface area contributed by atoms with Gasteiger partial charge in [-0.3, -0.25) is 10.1 Å². The molecule has 0 aliphatic rings. The Morgan fingerprint density at radius 2 is 2.14 bits per heavy atom. The zero-order valence-corrected chi connectivity index (χ0v) is 12.4. The van der Waals surface area contributed by atoms with Gasteiger partial charge in [0.2, 0.25) is 10.0 Å². The summed E-state index contributed by atoms with van der Waals surface area (Å²) in [6.07, 6.45) is -0.992. The lowest BCUT2D eigenvalue weighted by atomic mass is 10.3. The van der Waals surface area contributed by atoms with Crippen molar-refractivity contribution in [2.24, 2.45) is 0 Å². The Morgan fingerprint density at radius 1 is 1.52 bits per heavy atom. The molecule has 0 saturated heterocycles. The highest BCUT2D eigenvalue weighted by molar-refractivity contribution is 7.89. The number of non-ortho nitro benzene ring substituents is 1. The SMILES string of the molecule is COCC(O)CN(C)S(=O)(=O)c1ccc([N+](=O)[O-])cc1N. The Hall–Kier alpha value is -1.75. The maximum absolute atomic E-state index is 12.3. The third kappa shape index (κ3) is 4.11. The zero-order valence-electron chi connectivity index (χ0n) is 11.6. The van der Waals surface area contributed by atoms with Gasteiger partial charge in [-0.1, -0.05) is 0 Å². The lowest BCUT2D eigenvalue weighted by Crippen LogP contribution is -2.36. The summed E-state index contributed by atoms with van der Waals surface area (Å²) in [5, 5.41) is 20.2. The number of benzene rings is 1. The molecule has 1 aromatic carbocycles. The molecular weight excluding hydrogens is 302 g/mol. The molecule has 1 unspecified atom stereocenters. The molecule has 10 heteroatoms. The Balaban J connectivity index is 3.05. The Labute approximate surface area is 122 Å². The van der Waals surface area contributed by atoms with Gasteiger partial charge < -0.3 is 15.6 Å². The van der Waals surface area contributed by atoms with E-state index in [1.54, 1.807) is 0 Å². The van der Waals surface area contributed by atoms with Gasteiger partial charge in [0.05, 0.1) is 23.3 Å². The second kappa shape index (κ2) is 6.80. The minimum absolute atomic E-state index is 0.0183. The lowest BCUT2D eigenvalue weighted by Gasteiger charge is -2.20. The average Bonchev–Trinajstić information content (AvgIpc) is 2.38. The topological polar surface area (TPSA) is 136 Å². The van der Waals surface area contributed by atoms with Crippen LogP contribution in [0.2, 0.25) is 0 Å². The summed E-state index contributed by atoms with van der Waals surface area (Å²) < 4.78 is 30.2. The van der Waals surface area contributed by atoms with Crippen LogP contribution in [0.1, 0.15) is 0 Å². The van der Waals surface area contributed by atoms with Gasteiger partial charge in [0.25, 0.3) is 5.69 Å². The number of hydrogen-bond acceptors (Lipinski definition) is 7. The second-order valence-corrected chi connectivity index (χ2v) is 6.39. The monoisotopic (exact) mass is 319 g/mol. The van der Waals surface area contributed by atoms with E-state index >= 15 is 0 Å². The first-order valence-corrected chi connectivity index (χ1v) is 7.31. The number of rotatable bonds is 7. The van der Waals surface area contributed by atoms with E-state index in [0.29, 0.717) is 0 Å². The number of hydrogen-bond donors (Lipinski definition) is 2. The standard InChI is InChI=1S/C11H17N3O6S/c1-13(6-9(15)7-20-2)21(18,19)11-4-3-8(14(16)17)5-10(11)12/h3-5,9,15H,6-7,12H2,1-2H3. The zero-order chi connectivity index (χ0) is 16.2. The molecule has 0 amide bonds. The molecule has 0 aliphatic heterocycles. The van der Waals surface area contributed by atoms with Crippen molar-refractivity contribution >= 4 is 21.4 Å². The van der Waals surface area contributed by atoms with E-state index in [2.05, 4.69) is 0 Å². The van der Waals surface area contributed by atoms with E-state index in [-0.39, 0.29) is 29.4 Å². The smallest absolute Gasteiger partial charge is 0.271 e. The van der Waals surface area contributed by atoms with Crippen molar-refractivity contribution in [2.45, 2.75) is 11.0 Å². The number of nitrogens with two attached hydrogens (primary N) is 1. The number of nitro benzene ring substituents is 1. The van der Waals surface area contributed by atoms with Crippen molar-refractivity contribution in [3.05, 3.63) is 28.3 Å². The van der Waals surface area contributed by atoms with Crippen LogP contribution in [0.3, 0.4) is 0 Å². The minimum atomic E-state index is -3.96. The van der Waals surface area contributed by atoms with Gasteiger partial charge in [0, 0.05) is 32.8 Å². The molecule has 21 heavy (non-hydrogen) atoms. The van der Waals surface area contributed by atoms with Crippen LogP contribution in [0.15, 0.2) is 23.1 Å². The van der Waals surface area contributed by atoms with Gasteiger partial charge in [-0.05, 0) is 6.07 Å². The summed E-state index contributed by atoms with van der Waals surface area (Å²) >= 11 is 0. The van der Waals surface area contributed by atoms with E-state index < -0.39 is 21.1 Å². The lowest BCUT2D eigenvalue weighted by molar-refractivity contribution is -0.384. The highest BCUT2D eigenvalue weighted by Crippen LogP contribution is 2.26. The summed E-state index contributed by atoms with van der Waals surface area (Å²) in [4.78, 5) is 9.69. The van der Waals surface area contributed by atoms with Gasteiger partial charge in [0.1, 0.15) is 4.90 Å². The number of nitrogens with zero attached hydrogens (tertiary/aromatic N) is 2. The van der Waals surface area contributed by atoms with Crippen LogP contribution in [-0.4, -0.2) is 56.2 Å². The molecule has 1 aromatic rings. The molecule has 0 spiro atoms. The third-order valence-electron chi connectivity index (χ3n) is 2.72. The molecule has 0 radical (unpaired) electrons. The molecule has 3 N–H and O–H groups in total. The minimum Gasteiger partial charge on any atom is -0.397 e. The van der Waals surface area contributed by atoms with Crippen molar-refractivity contribution in [2.75, 3.05) is 33.0 Å².